The maximum absolute atomic E-state index is 6.15. The minimum absolute atomic E-state index is 0.0879. The third kappa shape index (κ3) is 5.01. The van der Waals surface area contributed by atoms with Crippen molar-refractivity contribution in [1.82, 2.24) is 19.9 Å². The van der Waals surface area contributed by atoms with Crippen LogP contribution in [0.25, 0.3) is 0 Å². The van der Waals surface area contributed by atoms with E-state index in [1.165, 1.54) is 6.33 Å². The second-order valence-corrected chi connectivity index (χ2v) is 5.26. The highest BCUT2D eigenvalue weighted by atomic mass is 15.4. The number of nitrogen functional groups attached to an aromatic ring is 1. The van der Waals surface area contributed by atoms with Crippen LogP contribution in [0.2, 0.25) is 0 Å². The van der Waals surface area contributed by atoms with E-state index in [1.54, 1.807) is 29.3 Å². The first-order chi connectivity index (χ1) is 12.2. The van der Waals surface area contributed by atoms with E-state index in [-0.39, 0.29) is 11.9 Å². The van der Waals surface area contributed by atoms with Gasteiger partial charge in [-0.2, -0.15) is 15.2 Å². The summed E-state index contributed by atoms with van der Waals surface area (Å²) < 4.78 is 0. The molecular weight excluding hydrogens is 318 g/mol. The minimum Gasteiger partial charge on any atom is -0.368 e. The van der Waals surface area contributed by atoms with E-state index < -0.39 is 6.17 Å². The molecule has 0 aliphatic rings. The van der Waals surface area contributed by atoms with E-state index in [0.29, 0.717) is 18.1 Å². The van der Waals surface area contributed by atoms with Crippen molar-refractivity contribution in [3.05, 3.63) is 37.3 Å². The number of nitrogens with two attached hydrogens (primary N) is 2. The molecule has 25 heavy (non-hydrogen) atoms. The number of unbranched alkanes of at least 4 members (excludes halogenated alkanes) is 2. The van der Waals surface area contributed by atoms with Crippen molar-refractivity contribution in [2.75, 3.05) is 17.2 Å². The number of hydrogen-bond acceptors (Lipinski definition) is 9. The first kappa shape index (κ1) is 18.4. The molecular formula is C16H23N9. The molecule has 1 unspecified atom stereocenters. The molecule has 0 amide bonds. The number of hydrogen-bond donors (Lipinski definition) is 2. The van der Waals surface area contributed by atoms with Gasteiger partial charge in [0, 0.05) is 6.20 Å². The Balaban J connectivity index is 2.36. The number of anilines is 3. The van der Waals surface area contributed by atoms with Gasteiger partial charge in [0.1, 0.15) is 18.2 Å². The standard InChI is InChI=1S/C16H23N9/c1-3-5-6-10-22-24-12-8-7-9-19-14(12)25(13(17)4-2)16-21-11-20-15(18)23-16/h4,7-9,11,13H,2-3,5-6,10,17H2,1H3,(H2,18,20,21,23). The summed E-state index contributed by atoms with van der Waals surface area (Å²) in [7, 11) is 0. The van der Waals surface area contributed by atoms with Crippen molar-refractivity contribution >= 4 is 23.4 Å². The maximum Gasteiger partial charge on any atom is 0.237 e. The van der Waals surface area contributed by atoms with Gasteiger partial charge in [-0.25, -0.2) is 15.0 Å². The van der Waals surface area contributed by atoms with Crippen molar-refractivity contribution in [3.8, 4) is 0 Å². The zero-order chi connectivity index (χ0) is 18.1. The highest BCUT2D eigenvalue weighted by molar-refractivity contribution is 5.68. The molecule has 0 bridgehead atoms. The SMILES string of the molecule is C=CC(N)N(c1ncnc(N)n1)c1ncccc1N=NCCCCC. The molecule has 0 aromatic carbocycles. The van der Waals surface area contributed by atoms with Gasteiger partial charge in [-0.3, -0.25) is 4.90 Å². The lowest BCUT2D eigenvalue weighted by molar-refractivity contribution is 0.712. The van der Waals surface area contributed by atoms with Crippen molar-refractivity contribution in [2.45, 2.75) is 32.4 Å². The molecule has 1 atom stereocenters. The molecule has 0 fully saturated rings. The molecule has 0 spiro atoms. The summed E-state index contributed by atoms with van der Waals surface area (Å²) in [5.41, 5.74) is 12.4. The molecule has 9 heteroatoms. The monoisotopic (exact) mass is 341 g/mol. The molecule has 0 saturated carbocycles. The summed E-state index contributed by atoms with van der Waals surface area (Å²) in [6, 6.07) is 3.59. The number of aromatic nitrogens is 4. The Morgan fingerprint density at radius 3 is 2.88 bits per heavy atom. The topological polar surface area (TPSA) is 132 Å². The van der Waals surface area contributed by atoms with Gasteiger partial charge in [-0.05, 0) is 18.6 Å². The summed E-state index contributed by atoms with van der Waals surface area (Å²) in [6.45, 7) is 6.53. The van der Waals surface area contributed by atoms with E-state index in [4.69, 9.17) is 11.5 Å². The lowest BCUT2D eigenvalue weighted by Crippen LogP contribution is -2.38. The summed E-state index contributed by atoms with van der Waals surface area (Å²) in [5.74, 6) is 0.825. The molecule has 2 rings (SSSR count). The fraction of sp³-hybridized carbons (Fsp3) is 0.375. The Kier molecular flexibility index (Phi) is 6.90. The fourth-order valence-corrected chi connectivity index (χ4v) is 2.10. The normalized spacial score (nSPS) is 12.2. The van der Waals surface area contributed by atoms with Gasteiger partial charge in [0.15, 0.2) is 5.82 Å². The van der Waals surface area contributed by atoms with Gasteiger partial charge in [0.05, 0.1) is 6.54 Å². The highest BCUT2D eigenvalue weighted by Gasteiger charge is 2.22. The zero-order valence-electron chi connectivity index (χ0n) is 14.3. The second-order valence-electron chi connectivity index (χ2n) is 5.26. The number of nitrogens with zero attached hydrogens (tertiary/aromatic N) is 7. The Morgan fingerprint density at radius 2 is 2.16 bits per heavy atom. The van der Waals surface area contributed by atoms with Gasteiger partial charge < -0.3 is 11.5 Å². The molecule has 0 radical (unpaired) electrons. The molecule has 0 aliphatic heterocycles. The van der Waals surface area contributed by atoms with Crippen molar-refractivity contribution in [2.24, 2.45) is 16.0 Å². The number of pyridine rings is 1. The molecule has 2 heterocycles. The summed E-state index contributed by atoms with van der Waals surface area (Å²) in [6.07, 6.45) is 7.14. The molecule has 2 aromatic rings. The van der Waals surface area contributed by atoms with Crippen LogP contribution in [0, 0.1) is 0 Å². The lowest BCUT2D eigenvalue weighted by Gasteiger charge is -2.26. The fourth-order valence-electron chi connectivity index (χ4n) is 2.10. The highest BCUT2D eigenvalue weighted by Crippen LogP contribution is 2.31. The van der Waals surface area contributed by atoms with Crippen LogP contribution in [0.5, 0.6) is 0 Å². The average Bonchev–Trinajstić information content (AvgIpc) is 2.63. The van der Waals surface area contributed by atoms with E-state index in [2.05, 4.69) is 43.7 Å². The second kappa shape index (κ2) is 9.38. The van der Waals surface area contributed by atoms with Gasteiger partial charge >= 0.3 is 0 Å². The predicted molar refractivity (Wildman–Crippen MR) is 97.7 cm³/mol. The van der Waals surface area contributed by atoms with Gasteiger partial charge in [-0.1, -0.05) is 32.4 Å². The molecule has 9 nitrogen and oxygen atoms in total. The lowest BCUT2D eigenvalue weighted by atomic mass is 10.3. The quantitative estimate of drug-likeness (QED) is 0.310. The summed E-state index contributed by atoms with van der Waals surface area (Å²) >= 11 is 0. The Bertz CT molecular complexity index is 716. The van der Waals surface area contributed by atoms with Crippen molar-refractivity contribution in [3.63, 3.8) is 0 Å². The Morgan fingerprint density at radius 1 is 1.32 bits per heavy atom. The smallest absolute Gasteiger partial charge is 0.237 e. The predicted octanol–water partition coefficient (Wildman–Crippen LogP) is 2.73. The van der Waals surface area contributed by atoms with Gasteiger partial charge in [0.25, 0.3) is 0 Å². The Labute approximate surface area is 146 Å². The van der Waals surface area contributed by atoms with Crippen LogP contribution < -0.4 is 16.4 Å². The van der Waals surface area contributed by atoms with E-state index in [0.717, 1.165) is 19.3 Å². The summed E-state index contributed by atoms with van der Waals surface area (Å²) in [5, 5.41) is 8.52. The van der Waals surface area contributed by atoms with Crippen LogP contribution >= 0.6 is 0 Å². The van der Waals surface area contributed by atoms with Gasteiger partial charge in [0.2, 0.25) is 11.9 Å². The third-order valence-corrected chi connectivity index (χ3v) is 3.37. The molecule has 2 aromatic heterocycles. The first-order valence-electron chi connectivity index (χ1n) is 8.11. The van der Waals surface area contributed by atoms with Gasteiger partial charge in [-0.15, -0.1) is 0 Å². The van der Waals surface area contributed by atoms with Crippen LogP contribution in [0.3, 0.4) is 0 Å². The molecule has 0 aliphatic carbocycles. The summed E-state index contributed by atoms with van der Waals surface area (Å²) in [4.78, 5) is 18.0. The molecule has 0 saturated heterocycles. The zero-order valence-corrected chi connectivity index (χ0v) is 14.3. The van der Waals surface area contributed by atoms with E-state index in [9.17, 15) is 0 Å². The van der Waals surface area contributed by atoms with Crippen molar-refractivity contribution in [1.29, 1.82) is 0 Å². The number of azo groups is 1. The largest absolute Gasteiger partial charge is 0.368 e. The van der Waals surface area contributed by atoms with Crippen LogP contribution in [-0.2, 0) is 0 Å². The molecule has 132 valence electrons. The van der Waals surface area contributed by atoms with Crippen LogP contribution in [0.1, 0.15) is 26.2 Å². The van der Waals surface area contributed by atoms with Crippen LogP contribution in [0.15, 0.2) is 47.5 Å². The van der Waals surface area contributed by atoms with Crippen LogP contribution in [0.4, 0.5) is 23.4 Å². The maximum atomic E-state index is 6.15. The first-order valence-corrected chi connectivity index (χ1v) is 8.11. The average molecular weight is 341 g/mol. The van der Waals surface area contributed by atoms with E-state index in [1.807, 2.05) is 0 Å². The third-order valence-electron chi connectivity index (χ3n) is 3.37. The minimum atomic E-state index is -0.620. The molecule has 4 N–H and O–H groups in total. The van der Waals surface area contributed by atoms with Crippen LogP contribution in [-0.4, -0.2) is 32.6 Å². The van der Waals surface area contributed by atoms with Crippen molar-refractivity contribution < 1.29 is 0 Å². The van der Waals surface area contributed by atoms with E-state index >= 15 is 0 Å². The Hall–Kier alpha value is -2.94. The number of rotatable bonds is 9.